The lowest BCUT2D eigenvalue weighted by Gasteiger charge is -2.34. The van der Waals surface area contributed by atoms with Gasteiger partial charge in [0, 0.05) is 5.57 Å². The average Bonchev–Trinajstić information content (AvgIpc) is 2.53. The number of hydrogen-bond donors (Lipinski definition) is 1. The molecule has 0 aliphatic carbocycles. The van der Waals surface area contributed by atoms with Gasteiger partial charge in [-0.1, -0.05) is 6.07 Å². The third-order valence-corrected chi connectivity index (χ3v) is 3.89. The first-order valence-electron chi connectivity index (χ1n) is 7.45. The van der Waals surface area contributed by atoms with Crippen molar-refractivity contribution < 1.29 is 17.9 Å². The number of halogens is 3. The van der Waals surface area contributed by atoms with E-state index in [4.69, 9.17) is 10.5 Å². The zero-order valence-corrected chi connectivity index (χ0v) is 13.6. The number of allylic oxidation sites excluding steroid dienone is 1. The molecule has 5 nitrogen and oxygen atoms in total. The van der Waals surface area contributed by atoms with Gasteiger partial charge in [0.1, 0.15) is 17.5 Å². The van der Waals surface area contributed by atoms with Crippen LogP contribution >= 0.6 is 0 Å². The number of hydrogen-bond acceptors (Lipinski definition) is 5. The molecular weight excluding hydrogens is 333 g/mol. The first-order chi connectivity index (χ1) is 11.6. The van der Waals surface area contributed by atoms with Crippen LogP contribution in [0.3, 0.4) is 0 Å². The predicted octanol–water partition coefficient (Wildman–Crippen LogP) is 3.31. The minimum Gasteiger partial charge on any atom is -0.383 e. The highest BCUT2D eigenvalue weighted by molar-refractivity contribution is 6.08. The van der Waals surface area contributed by atoms with E-state index in [-0.39, 0.29) is 23.7 Å². The summed E-state index contributed by atoms with van der Waals surface area (Å²) in [7, 11) is 0. The number of hydrazone groups is 1. The van der Waals surface area contributed by atoms with Crippen LogP contribution in [0.4, 0.5) is 18.9 Å². The van der Waals surface area contributed by atoms with Gasteiger partial charge in [0.15, 0.2) is 0 Å². The normalized spacial score (nSPS) is 19.8. The standard InChI is InChI=1S/C17H15F3N4O/c1-16(2)7-12-13(8-21)15(22)24(23-14(12)9-25-16)11-5-3-4-10(6-11)17(18,19)20/h3-7H,9,22H2,1-2H3. The lowest BCUT2D eigenvalue weighted by Crippen LogP contribution is -2.39. The summed E-state index contributed by atoms with van der Waals surface area (Å²) in [6, 6.07) is 6.64. The second-order valence-electron chi connectivity index (χ2n) is 6.23. The molecule has 8 heteroatoms. The number of alkyl halides is 3. The van der Waals surface area contributed by atoms with E-state index in [0.717, 1.165) is 17.1 Å². The minimum atomic E-state index is -4.49. The summed E-state index contributed by atoms with van der Waals surface area (Å²) in [4.78, 5) is 0. The van der Waals surface area contributed by atoms with Gasteiger partial charge in [-0.2, -0.15) is 23.5 Å². The highest BCUT2D eigenvalue weighted by Gasteiger charge is 2.35. The number of anilines is 1. The molecule has 3 rings (SSSR count). The molecule has 0 unspecified atom stereocenters. The summed E-state index contributed by atoms with van der Waals surface area (Å²) in [5.74, 6) is -0.0190. The van der Waals surface area contributed by atoms with Crippen molar-refractivity contribution in [2.24, 2.45) is 10.8 Å². The lowest BCUT2D eigenvalue weighted by molar-refractivity contribution is -0.137. The third kappa shape index (κ3) is 3.10. The Morgan fingerprint density at radius 2 is 2.08 bits per heavy atom. The van der Waals surface area contributed by atoms with Crippen molar-refractivity contribution in [2.45, 2.75) is 25.6 Å². The van der Waals surface area contributed by atoms with Crippen LogP contribution in [-0.4, -0.2) is 17.9 Å². The van der Waals surface area contributed by atoms with Gasteiger partial charge in [-0.25, -0.2) is 5.01 Å². The van der Waals surface area contributed by atoms with Crippen molar-refractivity contribution >= 4 is 11.4 Å². The molecular formula is C17H15F3N4O. The monoisotopic (exact) mass is 348 g/mol. The molecule has 0 atom stereocenters. The Bertz CT molecular complexity index is 859. The second kappa shape index (κ2) is 5.63. The maximum absolute atomic E-state index is 13.0. The number of fused-ring (bicyclic) bond motifs is 1. The number of nitrogens with two attached hydrogens (primary N) is 1. The van der Waals surface area contributed by atoms with Crippen LogP contribution in [0.1, 0.15) is 19.4 Å². The predicted molar refractivity (Wildman–Crippen MR) is 86.3 cm³/mol. The molecule has 0 bridgehead atoms. The van der Waals surface area contributed by atoms with Crippen molar-refractivity contribution in [3.8, 4) is 6.07 Å². The van der Waals surface area contributed by atoms with Crippen LogP contribution in [0, 0.1) is 11.3 Å². The van der Waals surface area contributed by atoms with Crippen molar-refractivity contribution in [1.29, 1.82) is 5.26 Å². The fourth-order valence-electron chi connectivity index (χ4n) is 2.65. The molecule has 0 spiro atoms. The van der Waals surface area contributed by atoms with Crippen LogP contribution in [0.2, 0.25) is 0 Å². The minimum absolute atomic E-state index is 0.0190. The summed E-state index contributed by atoms with van der Waals surface area (Å²) in [5.41, 5.74) is 5.91. The largest absolute Gasteiger partial charge is 0.416 e. The molecule has 2 N–H and O–H groups in total. The average molecular weight is 348 g/mol. The van der Waals surface area contributed by atoms with Gasteiger partial charge < -0.3 is 10.5 Å². The molecule has 0 aromatic heterocycles. The number of ether oxygens (including phenoxy) is 1. The van der Waals surface area contributed by atoms with Gasteiger partial charge in [-0.05, 0) is 38.1 Å². The molecule has 0 saturated carbocycles. The Labute approximate surface area is 142 Å². The fraction of sp³-hybridized carbons (Fsp3) is 0.294. The van der Waals surface area contributed by atoms with Gasteiger partial charge in [0.05, 0.1) is 29.2 Å². The van der Waals surface area contributed by atoms with Crippen molar-refractivity contribution in [2.75, 3.05) is 11.6 Å². The Hall–Kier alpha value is -2.79. The number of nitriles is 1. The van der Waals surface area contributed by atoms with E-state index in [1.165, 1.54) is 12.1 Å². The molecule has 1 aromatic rings. The van der Waals surface area contributed by atoms with Crippen LogP contribution in [-0.2, 0) is 10.9 Å². The fourth-order valence-corrected chi connectivity index (χ4v) is 2.65. The van der Waals surface area contributed by atoms with E-state index >= 15 is 0 Å². The van der Waals surface area contributed by atoms with E-state index in [9.17, 15) is 18.4 Å². The zero-order chi connectivity index (χ0) is 18.4. The van der Waals surface area contributed by atoms with Crippen molar-refractivity contribution in [1.82, 2.24) is 0 Å². The first kappa shape index (κ1) is 17.0. The Morgan fingerprint density at radius 3 is 2.72 bits per heavy atom. The van der Waals surface area contributed by atoms with Crippen LogP contribution in [0.15, 0.2) is 52.4 Å². The Morgan fingerprint density at radius 1 is 1.36 bits per heavy atom. The summed E-state index contributed by atoms with van der Waals surface area (Å²) in [6.45, 7) is 3.80. The number of rotatable bonds is 1. The second-order valence-corrected chi connectivity index (χ2v) is 6.23. The van der Waals surface area contributed by atoms with E-state index in [1.54, 1.807) is 6.08 Å². The van der Waals surface area contributed by atoms with Crippen LogP contribution < -0.4 is 10.7 Å². The van der Waals surface area contributed by atoms with Gasteiger partial charge in [-0.15, -0.1) is 0 Å². The molecule has 0 radical (unpaired) electrons. The number of benzene rings is 1. The topological polar surface area (TPSA) is 74.6 Å². The highest BCUT2D eigenvalue weighted by Crippen LogP contribution is 2.35. The zero-order valence-electron chi connectivity index (χ0n) is 13.6. The SMILES string of the molecule is CC1(C)C=C2C(=NN(c3cccc(C(F)(F)F)c3)C(N)=C2C#N)CO1. The molecule has 1 aromatic carbocycles. The summed E-state index contributed by atoms with van der Waals surface area (Å²) in [6.07, 6.45) is -2.75. The van der Waals surface area contributed by atoms with Crippen molar-refractivity contribution in [3.05, 3.63) is 52.9 Å². The number of nitrogens with zero attached hydrogens (tertiary/aromatic N) is 3. The molecule has 0 saturated heterocycles. The van der Waals surface area contributed by atoms with E-state index in [0.29, 0.717) is 11.3 Å². The molecule has 0 fully saturated rings. The summed E-state index contributed by atoms with van der Waals surface area (Å²) >= 11 is 0. The van der Waals surface area contributed by atoms with Gasteiger partial charge in [0.2, 0.25) is 0 Å². The van der Waals surface area contributed by atoms with Gasteiger partial charge in [0.25, 0.3) is 0 Å². The Balaban J connectivity index is 2.11. The lowest BCUT2D eigenvalue weighted by atomic mass is 9.92. The maximum Gasteiger partial charge on any atom is 0.416 e. The van der Waals surface area contributed by atoms with E-state index < -0.39 is 17.3 Å². The quantitative estimate of drug-likeness (QED) is 0.845. The van der Waals surface area contributed by atoms with Gasteiger partial charge >= 0.3 is 6.18 Å². The summed E-state index contributed by atoms with van der Waals surface area (Å²) < 4.78 is 44.5. The van der Waals surface area contributed by atoms with Gasteiger partial charge in [-0.3, -0.25) is 0 Å². The highest BCUT2D eigenvalue weighted by atomic mass is 19.4. The van der Waals surface area contributed by atoms with Crippen LogP contribution in [0.25, 0.3) is 0 Å². The molecule has 2 heterocycles. The molecule has 0 amide bonds. The van der Waals surface area contributed by atoms with E-state index in [1.807, 2.05) is 19.9 Å². The molecule has 2 aliphatic heterocycles. The summed E-state index contributed by atoms with van der Waals surface area (Å²) in [5, 5.41) is 14.9. The smallest absolute Gasteiger partial charge is 0.383 e. The van der Waals surface area contributed by atoms with Crippen LogP contribution in [0.5, 0.6) is 0 Å². The Kier molecular flexibility index (Phi) is 3.84. The maximum atomic E-state index is 13.0. The third-order valence-electron chi connectivity index (χ3n) is 3.89. The van der Waals surface area contributed by atoms with E-state index in [2.05, 4.69) is 5.10 Å². The molecule has 25 heavy (non-hydrogen) atoms. The first-order valence-corrected chi connectivity index (χ1v) is 7.45. The molecule has 2 aliphatic rings. The van der Waals surface area contributed by atoms with Crippen molar-refractivity contribution in [3.63, 3.8) is 0 Å². The molecule has 130 valence electrons.